The van der Waals surface area contributed by atoms with Crippen molar-refractivity contribution in [1.82, 2.24) is 25.4 Å². The Kier molecular flexibility index (Phi) is 8.31. The number of nitrogens with one attached hydrogen (secondary N) is 2. The Hall–Kier alpha value is -2.91. The minimum Gasteiger partial charge on any atom is -0.356 e. The topological polar surface area (TPSA) is 91.0 Å². The molecule has 3 aliphatic rings. The van der Waals surface area contributed by atoms with Crippen molar-refractivity contribution in [2.45, 2.75) is 95.4 Å². The van der Waals surface area contributed by atoms with Crippen molar-refractivity contribution in [2.75, 3.05) is 0 Å². The number of aryl methyl sites for hydroxylation is 1. The number of halogens is 3. The molecule has 0 radical (unpaired) electrons. The highest BCUT2D eigenvalue weighted by molar-refractivity contribution is 5.94. The number of carbonyl (C=O) groups is 2. The van der Waals surface area contributed by atoms with Crippen LogP contribution in [-0.2, 0) is 11.2 Å². The molecule has 2 amide bonds. The van der Waals surface area contributed by atoms with Crippen molar-refractivity contribution in [2.24, 2.45) is 5.92 Å². The van der Waals surface area contributed by atoms with Gasteiger partial charge in [0.1, 0.15) is 5.69 Å². The highest BCUT2D eigenvalue weighted by Gasteiger charge is 2.41. The zero-order chi connectivity index (χ0) is 25.7. The smallest absolute Gasteiger partial charge is 0.356 e. The number of nitrogens with zero attached hydrogens (tertiary/aromatic N) is 3. The number of hydrogen-bond acceptors (Lipinski definition) is 4. The number of hydrogen-bond donors (Lipinski definition) is 2. The van der Waals surface area contributed by atoms with Crippen LogP contribution in [-0.4, -0.2) is 56.7 Å². The van der Waals surface area contributed by atoms with E-state index in [0.717, 1.165) is 49.1 Å². The quantitative estimate of drug-likeness (QED) is 0.557. The Morgan fingerprint density at radius 3 is 2.42 bits per heavy atom. The highest BCUT2D eigenvalue weighted by atomic mass is 19.4. The van der Waals surface area contributed by atoms with Gasteiger partial charge in [-0.15, -0.1) is 0 Å². The van der Waals surface area contributed by atoms with E-state index in [1.165, 1.54) is 6.42 Å². The van der Waals surface area contributed by atoms with Gasteiger partial charge < -0.3 is 10.2 Å². The third kappa shape index (κ3) is 6.07. The van der Waals surface area contributed by atoms with Gasteiger partial charge in [0.25, 0.3) is 5.91 Å². The number of rotatable bonds is 5. The van der Waals surface area contributed by atoms with Crippen LogP contribution in [0.2, 0.25) is 0 Å². The van der Waals surface area contributed by atoms with E-state index in [1.54, 1.807) is 6.20 Å². The van der Waals surface area contributed by atoms with Gasteiger partial charge in [0.15, 0.2) is 0 Å². The highest BCUT2D eigenvalue weighted by Crippen LogP contribution is 2.38. The standard InChI is InChI=1S/C18H22N4O.C8H12F3NO/c1-2-13-10-12(8-9-19-13)16-11-17(21-20-16)18(23)22-14-4-3-5-15(22)7-6-14;9-8(10,11)6-1-3-7(4-2-6)12-5-13/h8-11,14-15H,2-7H2,1H3,(H,20,21);5-7H,1-4H2,(H,12,13)/t14-,15?;/m0./s1. The predicted molar refractivity (Wildman–Crippen MR) is 129 cm³/mol. The SMILES string of the molecule is CCc1cc(-c2cc(C(=O)N3C4CCC[C@H]3CC4)[nH]n2)ccn1.O=CNC1CCC(C(F)(F)F)CC1. The van der Waals surface area contributed by atoms with E-state index in [1.807, 2.05) is 18.2 Å². The fourth-order valence-corrected chi connectivity index (χ4v) is 5.68. The molecule has 3 fully saturated rings. The molecule has 36 heavy (non-hydrogen) atoms. The summed E-state index contributed by atoms with van der Waals surface area (Å²) in [4.78, 5) is 29.3. The average Bonchev–Trinajstić information content (AvgIpc) is 3.46. The van der Waals surface area contributed by atoms with Crippen LogP contribution in [0.1, 0.15) is 80.9 Å². The van der Waals surface area contributed by atoms with Gasteiger partial charge in [-0.25, -0.2) is 0 Å². The molecular formula is C26H34F3N5O2. The van der Waals surface area contributed by atoms with Gasteiger partial charge in [-0.3, -0.25) is 19.7 Å². The second-order valence-electron chi connectivity index (χ2n) is 9.96. The molecule has 5 rings (SSSR count). The van der Waals surface area contributed by atoms with Crippen LogP contribution >= 0.6 is 0 Å². The summed E-state index contributed by atoms with van der Waals surface area (Å²) in [6.07, 6.45) is 6.17. The maximum absolute atomic E-state index is 12.9. The molecule has 1 saturated carbocycles. The van der Waals surface area contributed by atoms with E-state index in [2.05, 4.69) is 32.3 Å². The van der Waals surface area contributed by atoms with E-state index >= 15 is 0 Å². The molecule has 2 aromatic rings. The summed E-state index contributed by atoms with van der Waals surface area (Å²) in [5, 5.41) is 9.80. The first-order valence-corrected chi connectivity index (χ1v) is 12.9. The van der Waals surface area contributed by atoms with Gasteiger partial charge in [-0.1, -0.05) is 6.92 Å². The summed E-state index contributed by atoms with van der Waals surface area (Å²) >= 11 is 0. The molecule has 196 valence electrons. The number of H-pyrrole nitrogens is 1. The summed E-state index contributed by atoms with van der Waals surface area (Å²) in [5.74, 6) is -1.06. The van der Waals surface area contributed by atoms with Gasteiger partial charge in [-0.2, -0.15) is 18.3 Å². The molecule has 2 atom stereocenters. The first-order chi connectivity index (χ1) is 17.3. The second kappa shape index (κ2) is 11.4. The van der Waals surface area contributed by atoms with E-state index in [-0.39, 0.29) is 24.8 Å². The number of carbonyl (C=O) groups excluding carboxylic acids is 2. The number of fused-ring (bicyclic) bond motifs is 2. The lowest BCUT2D eigenvalue weighted by atomic mass is 9.86. The van der Waals surface area contributed by atoms with Gasteiger partial charge in [0.2, 0.25) is 6.41 Å². The fraction of sp³-hybridized carbons (Fsp3) is 0.615. The van der Waals surface area contributed by atoms with Gasteiger partial charge in [-0.05, 0) is 82.4 Å². The average molecular weight is 506 g/mol. The molecule has 1 aliphatic carbocycles. The number of pyridine rings is 1. The largest absolute Gasteiger partial charge is 0.391 e. The minimum absolute atomic E-state index is 0.0592. The second-order valence-corrected chi connectivity index (χ2v) is 9.96. The molecule has 2 N–H and O–H groups in total. The fourth-order valence-electron chi connectivity index (χ4n) is 5.68. The van der Waals surface area contributed by atoms with Crippen LogP contribution in [0, 0.1) is 5.92 Å². The molecule has 4 heterocycles. The molecule has 0 aromatic carbocycles. The number of aromatic nitrogens is 3. The summed E-state index contributed by atoms with van der Waals surface area (Å²) in [6, 6.07) is 6.66. The van der Waals surface area contributed by atoms with Crippen LogP contribution in [0.3, 0.4) is 0 Å². The van der Waals surface area contributed by atoms with Gasteiger partial charge >= 0.3 is 6.18 Å². The Bertz CT molecular complexity index is 1020. The van der Waals surface area contributed by atoms with Crippen molar-refractivity contribution in [1.29, 1.82) is 0 Å². The normalized spacial score (nSPS) is 25.6. The summed E-state index contributed by atoms with van der Waals surface area (Å²) in [5.41, 5.74) is 3.46. The Balaban J connectivity index is 0.000000200. The molecule has 10 heteroatoms. The van der Waals surface area contributed by atoms with Crippen molar-refractivity contribution in [3.05, 3.63) is 35.8 Å². The molecule has 0 spiro atoms. The monoisotopic (exact) mass is 505 g/mol. The van der Waals surface area contributed by atoms with Crippen LogP contribution in [0.25, 0.3) is 11.3 Å². The first kappa shape index (κ1) is 26.2. The summed E-state index contributed by atoms with van der Waals surface area (Å²) < 4.78 is 36.5. The van der Waals surface area contributed by atoms with Crippen LogP contribution in [0.4, 0.5) is 13.2 Å². The van der Waals surface area contributed by atoms with Crippen molar-refractivity contribution in [3.63, 3.8) is 0 Å². The summed E-state index contributed by atoms with van der Waals surface area (Å²) in [6.45, 7) is 2.08. The van der Waals surface area contributed by atoms with Crippen LogP contribution in [0.15, 0.2) is 24.4 Å². The van der Waals surface area contributed by atoms with E-state index in [9.17, 15) is 22.8 Å². The van der Waals surface area contributed by atoms with Gasteiger partial charge in [0.05, 0.1) is 11.6 Å². The predicted octanol–water partition coefficient (Wildman–Crippen LogP) is 5.04. The molecule has 7 nitrogen and oxygen atoms in total. The maximum atomic E-state index is 12.9. The van der Waals surface area contributed by atoms with Crippen molar-refractivity contribution >= 4 is 12.3 Å². The summed E-state index contributed by atoms with van der Waals surface area (Å²) in [7, 11) is 0. The van der Waals surface area contributed by atoms with Gasteiger partial charge in [0, 0.05) is 35.6 Å². The van der Waals surface area contributed by atoms with E-state index < -0.39 is 12.1 Å². The van der Waals surface area contributed by atoms with E-state index in [0.29, 0.717) is 37.0 Å². The van der Waals surface area contributed by atoms with Crippen LogP contribution < -0.4 is 5.32 Å². The maximum Gasteiger partial charge on any atom is 0.391 e. The number of amides is 2. The first-order valence-electron chi connectivity index (χ1n) is 12.9. The molecule has 1 unspecified atom stereocenters. The Morgan fingerprint density at radius 2 is 1.81 bits per heavy atom. The lowest BCUT2D eigenvalue weighted by Crippen LogP contribution is -2.44. The molecule has 2 bridgehead atoms. The number of piperidine rings is 1. The van der Waals surface area contributed by atoms with Crippen LogP contribution in [0.5, 0.6) is 0 Å². The zero-order valence-corrected chi connectivity index (χ0v) is 20.6. The molecular weight excluding hydrogens is 471 g/mol. The Labute approximate surface area is 209 Å². The zero-order valence-electron chi connectivity index (χ0n) is 20.6. The van der Waals surface area contributed by atoms with Crippen molar-refractivity contribution in [3.8, 4) is 11.3 Å². The lowest BCUT2D eigenvalue weighted by molar-refractivity contribution is -0.182. The Morgan fingerprint density at radius 1 is 1.11 bits per heavy atom. The van der Waals surface area contributed by atoms with E-state index in [4.69, 9.17) is 0 Å². The van der Waals surface area contributed by atoms with Crippen molar-refractivity contribution < 1.29 is 22.8 Å². The minimum atomic E-state index is -4.06. The lowest BCUT2D eigenvalue weighted by Gasteiger charge is -2.34. The third-order valence-electron chi connectivity index (χ3n) is 7.71. The third-order valence-corrected chi connectivity index (χ3v) is 7.71. The number of aromatic amines is 1. The molecule has 2 aliphatic heterocycles. The number of alkyl halides is 3. The molecule has 2 aromatic heterocycles. The molecule has 2 saturated heterocycles.